The second-order valence-electron chi connectivity index (χ2n) is 6.44. The molecule has 11 nitrogen and oxygen atoms in total. The van der Waals surface area contributed by atoms with Crippen LogP contribution in [0.5, 0.6) is 0 Å². The Kier molecular flexibility index (Phi) is 4.95. The first-order valence-corrected chi connectivity index (χ1v) is 8.82. The average Bonchev–Trinajstić information content (AvgIpc) is 3.26. The molecule has 1 aromatic heterocycles. The summed E-state index contributed by atoms with van der Waals surface area (Å²) in [5.74, 6) is -1.99. The van der Waals surface area contributed by atoms with Gasteiger partial charge in [0.05, 0.1) is 17.6 Å². The molecule has 0 aliphatic carbocycles. The molecular formula is C19H13FN6O5. The van der Waals surface area contributed by atoms with Gasteiger partial charge in [-0.25, -0.2) is 9.18 Å². The molecule has 0 spiro atoms. The SMILES string of the molecule is COC(=O)C1=C(C(=O)c2cccc([N+](=O)[O-])c2)[C@H](c2ccc(F)cc2)n2nnnc2N1. The van der Waals surface area contributed by atoms with E-state index in [0.717, 1.165) is 13.2 Å². The minimum atomic E-state index is -1.02. The first-order chi connectivity index (χ1) is 14.9. The zero-order valence-electron chi connectivity index (χ0n) is 15.9. The number of nitro benzene ring substituents is 1. The predicted molar refractivity (Wildman–Crippen MR) is 102 cm³/mol. The number of aromatic nitrogens is 4. The first-order valence-electron chi connectivity index (χ1n) is 8.82. The smallest absolute Gasteiger partial charge is 0.355 e. The van der Waals surface area contributed by atoms with Crippen molar-refractivity contribution in [3.63, 3.8) is 0 Å². The molecule has 0 amide bonds. The Morgan fingerprint density at radius 3 is 2.65 bits per heavy atom. The predicted octanol–water partition coefficient (Wildman–Crippen LogP) is 2.05. The van der Waals surface area contributed by atoms with Gasteiger partial charge in [-0.1, -0.05) is 29.4 Å². The van der Waals surface area contributed by atoms with Gasteiger partial charge in [0.15, 0.2) is 5.78 Å². The van der Waals surface area contributed by atoms with Crippen LogP contribution in [0.3, 0.4) is 0 Å². The number of esters is 1. The van der Waals surface area contributed by atoms with E-state index in [1.54, 1.807) is 0 Å². The van der Waals surface area contributed by atoms with E-state index in [-0.39, 0.29) is 28.5 Å². The van der Waals surface area contributed by atoms with E-state index in [0.29, 0.717) is 5.56 Å². The fourth-order valence-electron chi connectivity index (χ4n) is 3.26. The van der Waals surface area contributed by atoms with Gasteiger partial charge >= 0.3 is 5.97 Å². The van der Waals surface area contributed by atoms with Crippen LogP contribution in [0, 0.1) is 15.9 Å². The number of fused-ring (bicyclic) bond motifs is 1. The lowest BCUT2D eigenvalue weighted by molar-refractivity contribution is -0.384. The van der Waals surface area contributed by atoms with Gasteiger partial charge in [-0.05, 0) is 28.1 Å². The van der Waals surface area contributed by atoms with Crippen molar-refractivity contribution in [3.8, 4) is 0 Å². The second kappa shape index (κ2) is 7.74. The van der Waals surface area contributed by atoms with Crippen molar-refractivity contribution >= 4 is 23.4 Å². The van der Waals surface area contributed by atoms with Crippen LogP contribution in [0.25, 0.3) is 0 Å². The van der Waals surface area contributed by atoms with Gasteiger partial charge in [0, 0.05) is 17.7 Å². The van der Waals surface area contributed by atoms with E-state index < -0.39 is 28.5 Å². The Morgan fingerprint density at radius 2 is 1.97 bits per heavy atom. The highest BCUT2D eigenvalue weighted by molar-refractivity contribution is 6.15. The number of methoxy groups -OCH3 is 1. The Morgan fingerprint density at radius 1 is 1.23 bits per heavy atom. The summed E-state index contributed by atoms with van der Waals surface area (Å²) in [6.07, 6.45) is 0. The van der Waals surface area contributed by atoms with Crippen LogP contribution in [0.2, 0.25) is 0 Å². The number of benzene rings is 2. The van der Waals surface area contributed by atoms with E-state index in [1.807, 2.05) is 0 Å². The summed E-state index contributed by atoms with van der Waals surface area (Å²) >= 11 is 0. The number of nitrogens with one attached hydrogen (secondary N) is 1. The highest BCUT2D eigenvalue weighted by Crippen LogP contribution is 2.37. The molecule has 2 aromatic carbocycles. The zero-order chi connectivity index (χ0) is 22.1. The second-order valence-corrected chi connectivity index (χ2v) is 6.44. The maximum Gasteiger partial charge on any atom is 0.355 e. The molecule has 0 radical (unpaired) electrons. The average molecular weight is 424 g/mol. The number of carbonyl (C=O) groups excluding carboxylic acids is 2. The van der Waals surface area contributed by atoms with Crippen LogP contribution in [0.4, 0.5) is 16.0 Å². The van der Waals surface area contributed by atoms with E-state index in [2.05, 4.69) is 20.8 Å². The lowest BCUT2D eigenvalue weighted by atomic mass is 9.89. The molecular weight excluding hydrogens is 411 g/mol. The van der Waals surface area contributed by atoms with Gasteiger partial charge in [-0.3, -0.25) is 14.9 Å². The number of non-ortho nitro benzene ring substituents is 1. The summed E-state index contributed by atoms with van der Waals surface area (Å²) in [5.41, 5.74) is -0.256. The van der Waals surface area contributed by atoms with E-state index in [9.17, 15) is 24.1 Å². The molecule has 1 N–H and O–H groups in total. The largest absolute Gasteiger partial charge is 0.464 e. The summed E-state index contributed by atoms with van der Waals surface area (Å²) < 4.78 is 19.6. The van der Waals surface area contributed by atoms with Crippen molar-refractivity contribution in [1.29, 1.82) is 0 Å². The molecule has 4 rings (SSSR count). The van der Waals surface area contributed by atoms with Gasteiger partial charge in [-0.15, -0.1) is 0 Å². The Balaban J connectivity index is 1.94. The summed E-state index contributed by atoms with van der Waals surface area (Å²) in [6.45, 7) is 0. The van der Waals surface area contributed by atoms with Crippen LogP contribution < -0.4 is 5.32 Å². The molecule has 1 atom stereocenters. The Bertz CT molecular complexity index is 1240. The Labute approximate surface area is 173 Å². The van der Waals surface area contributed by atoms with Crippen molar-refractivity contribution in [1.82, 2.24) is 20.2 Å². The maximum atomic E-state index is 13.5. The van der Waals surface area contributed by atoms with Gasteiger partial charge in [0.2, 0.25) is 5.95 Å². The minimum absolute atomic E-state index is 0.0314. The number of nitrogens with zero attached hydrogens (tertiary/aromatic N) is 5. The van der Waals surface area contributed by atoms with Crippen molar-refractivity contribution in [3.05, 3.63) is 86.9 Å². The fraction of sp³-hybridized carbons (Fsp3) is 0.105. The monoisotopic (exact) mass is 424 g/mol. The number of hydrogen-bond acceptors (Lipinski definition) is 9. The van der Waals surface area contributed by atoms with Crippen molar-refractivity contribution in [2.45, 2.75) is 6.04 Å². The van der Waals surface area contributed by atoms with E-state index in [1.165, 1.54) is 47.1 Å². The minimum Gasteiger partial charge on any atom is -0.464 e. The summed E-state index contributed by atoms with van der Waals surface area (Å²) in [6, 6.07) is 9.28. The van der Waals surface area contributed by atoms with Gasteiger partial charge in [-0.2, -0.15) is 4.68 Å². The van der Waals surface area contributed by atoms with E-state index >= 15 is 0 Å². The number of Topliss-reactive ketones (excluding diaryl/α,β-unsaturated/α-hetero) is 1. The third-order valence-corrected chi connectivity index (χ3v) is 4.66. The Hall–Kier alpha value is -4.48. The highest BCUT2D eigenvalue weighted by Gasteiger charge is 2.38. The molecule has 0 unspecified atom stereocenters. The fourth-order valence-corrected chi connectivity index (χ4v) is 3.26. The molecule has 156 valence electrons. The molecule has 3 aromatic rings. The van der Waals surface area contributed by atoms with Gasteiger partial charge in [0.1, 0.15) is 17.6 Å². The number of ether oxygens (including phenoxy) is 1. The molecule has 1 aliphatic heterocycles. The van der Waals surface area contributed by atoms with Crippen molar-refractivity contribution in [2.75, 3.05) is 12.4 Å². The first kappa shape index (κ1) is 19.8. The summed E-state index contributed by atoms with van der Waals surface area (Å²) in [7, 11) is 1.14. The van der Waals surface area contributed by atoms with Gasteiger partial charge in [0.25, 0.3) is 5.69 Å². The van der Waals surface area contributed by atoms with Crippen LogP contribution in [-0.2, 0) is 9.53 Å². The lowest BCUT2D eigenvalue weighted by Crippen LogP contribution is -2.33. The molecule has 0 fully saturated rings. The number of ketones is 1. The zero-order valence-corrected chi connectivity index (χ0v) is 15.9. The number of rotatable bonds is 5. The quantitative estimate of drug-likeness (QED) is 0.282. The number of carbonyl (C=O) groups is 2. The van der Waals surface area contributed by atoms with Crippen molar-refractivity contribution in [2.24, 2.45) is 0 Å². The van der Waals surface area contributed by atoms with Crippen LogP contribution in [0.1, 0.15) is 22.0 Å². The molecule has 0 saturated carbocycles. The number of hydrogen-bond donors (Lipinski definition) is 1. The number of tetrazole rings is 1. The molecule has 1 aliphatic rings. The highest BCUT2D eigenvalue weighted by atomic mass is 19.1. The van der Waals surface area contributed by atoms with Crippen LogP contribution >= 0.6 is 0 Å². The third kappa shape index (κ3) is 3.50. The number of halogens is 1. The number of anilines is 1. The van der Waals surface area contributed by atoms with Gasteiger partial charge < -0.3 is 10.1 Å². The number of nitro groups is 1. The number of allylic oxidation sites excluding steroid dienone is 1. The molecule has 31 heavy (non-hydrogen) atoms. The standard InChI is InChI=1S/C19H13FN6O5/c1-31-18(28)15-14(17(27)11-3-2-4-13(9-11)26(29)30)16(10-5-7-12(20)8-6-10)25-19(21-15)22-23-24-25/h2-9,16H,1H3,(H,21,22,24)/t16-/m0/s1. The third-order valence-electron chi connectivity index (χ3n) is 4.66. The molecule has 2 heterocycles. The lowest BCUT2D eigenvalue weighted by Gasteiger charge is -2.28. The van der Waals surface area contributed by atoms with E-state index in [4.69, 9.17) is 4.74 Å². The maximum absolute atomic E-state index is 13.5. The molecule has 0 saturated heterocycles. The normalized spacial score (nSPS) is 15.1. The summed E-state index contributed by atoms with van der Waals surface area (Å²) in [4.78, 5) is 36.5. The molecule has 0 bridgehead atoms. The van der Waals surface area contributed by atoms with Crippen LogP contribution in [0.15, 0.2) is 59.8 Å². The van der Waals surface area contributed by atoms with Crippen LogP contribution in [-0.4, -0.2) is 44.0 Å². The molecule has 12 heteroatoms. The summed E-state index contributed by atoms with van der Waals surface area (Å²) in [5, 5.41) is 25.1. The van der Waals surface area contributed by atoms with Crippen molar-refractivity contribution < 1.29 is 23.6 Å². The topological polar surface area (TPSA) is 142 Å².